The molecule has 2 aromatic rings. The Morgan fingerprint density at radius 2 is 2.00 bits per heavy atom. The third-order valence-electron chi connectivity index (χ3n) is 3.86. The molecule has 0 radical (unpaired) electrons. The molecule has 0 spiro atoms. The van der Waals surface area contributed by atoms with Crippen molar-refractivity contribution in [3.63, 3.8) is 0 Å². The minimum Gasteiger partial charge on any atom is -0.490 e. The highest BCUT2D eigenvalue weighted by Crippen LogP contribution is 2.38. The number of rotatable bonds is 10. The molecule has 0 saturated carbocycles. The monoisotopic (exact) mass is 458 g/mol. The average Bonchev–Trinajstić information content (AvgIpc) is 2.60. The predicted octanol–water partition coefficient (Wildman–Crippen LogP) is 4.87. The van der Waals surface area contributed by atoms with Crippen LogP contribution in [0.1, 0.15) is 18.1 Å². The first kappa shape index (κ1) is 22.0. The van der Waals surface area contributed by atoms with Gasteiger partial charge in [0.25, 0.3) is 0 Å². The van der Waals surface area contributed by atoms with Crippen LogP contribution in [-0.4, -0.2) is 38.7 Å². The third-order valence-corrected chi connectivity index (χ3v) is 4.80. The lowest BCUT2D eigenvalue weighted by Gasteiger charge is -2.17. The van der Waals surface area contributed by atoms with E-state index in [-0.39, 0.29) is 6.61 Å². The second kappa shape index (κ2) is 10.9. The molecule has 0 fully saturated rings. The summed E-state index contributed by atoms with van der Waals surface area (Å²) in [6.45, 7) is 4.99. The van der Waals surface area contributed by atoms with Crippen molar-refractivity contribution in [3.05, 3.63) is 56.8 Å². The highest BCUT2D eigenvalue weighted by Gasteiger charge is 2.15. The highest BCUT2D eigenvalue weighted by atomic mass is 79.9. The molecule has 27 heavy (non-hydrogen) atoms. The maximum Gasteiger partial charge on any atom is 0.175 e. The number of hydrogen-bond donors (Lipinski definition) is 1. The molecule has 0 unspecified atom stereocenters. The number of hydrogen-bond acceptors (Lipinski definition) is 4. The van der Waals surface area contributed by atoms with Gasteiger partial charge in [-0.3, -0.25) is 0 Å². The second-order valence-electron chi connectivity index (χ2n) is 6.31. The van der Waals surface area contributed by atoms with Gasteiger partial charge in [-0.1, -0.05) is 17.7 Å². The number of nitrogens with one attached hydrogen (secondary N) is 1. The fourth-order valence-corrected chi connectivity index (χ4v) is 3.30. The third kappa shape index (κ3) is 6.64. The van der Waals surface area contributed by atoms with E-state index in [1.807, 2.05) is 33.2 Å². The van der Waals surface area contributed by atoms with Crippen LogP contribution in [0.25, 0.3) is 0 Å². The van der Waals surface area contributed by atoms with Crippen molar-refractivity contribution in [2.24, 2.45) is 0 Å². The quantitative estimate of drug-likeness (QED) is 0.514. The van der Waals surface area contributed by atoms with Crippen LogP contribution in [0.2, 0.25) is 5.02 Å². The molecule has 0 aromatic heterocycles. The summed E-state index contributed by atoms with van der Waals surface area (Å²) < 4.78 is 26.3. The summed E-state index contributed by atoms with van der Waals surface area (Å²) in [5.74, 6) is 0.759. The molecule has 7 heteroatoms. The van der Waals surface area contributed by atoms with Crippen molar-refractivity contribution in [2.75, 3.05) is 33.8 Å². The van der Waals surface area contributed by atoms with Crippen LogP contribution < -0.4 is 14.8 Å². The molecule has 148 valence electrons. The Morgan fingerprint density at radius 1 is 1.22 bits per heavy atom. The van der Waals surface area contributed by atoms with E-state index >= 15 is 0 Å². The van der Waals surface area contributed by atoms with Crippen LogP contribution in [0.15, 0.2) is 34.8 Å². The SMILES string of the molecule is CCOc1cc(CNCCN(C)C)cc(Br)c1OCc1c(F)cccc1Cl. The van der Waals surface area contributed by atoms with Crippen LogP contribution in [0.4, 0.5) is 4.39 Å². The normalized spacial score (nSPS) is 11.1. The smallest absolute Gasteiger partial charge is 0.175 e. The van der Waals surface area contributed by atoms with E-state index in [1.165, 1.54) is 6.07 Å². The zero-order valence-corrected chi connectivity index (χ0v) is 18.2. The van der Waals surface area contributed by atoms with E-state index in [0.717, 1.165) is 23.1 Å². The van der Waals surface area contributed by atoms with Gasteiger partial charge in [-0.2, -0.15) is 0 Å². The van der Waals surface area contributed by atoms with Crippen molar-refractivity contribution in [3.8, 4) is 11.5 Å². The summed E-state index contributed by atoms with van der Waals surface area (Å²) in [7, 11) is 4.08. The molecule has 0 atom stereocenters. The summed E-state index contributed by atoms with van der Waals surface area (Å²) in [5, 5.41) is 3.73. The molecule has 2 rings (SSSR count). The molecule has 0 bridgehead atoms. The molecule has 0 aliphatic carbocycles. The standard InChI is InChI=1S/C20H25BrClFN2O2/c1-4-26-19-11-14(12-24-8-9-25(2)3)10-16(21)20(19)27-13-15-17(22)6-5-7-18(15)23/h5-7,10-11,24H,4,8-9,12-13H2,1-3H3. The first-order valence-corrected chi connectivity index (χ1v) is 9.95. The molecule has 0 heterocycles. The number of ether oxygens (including phenoxy) is 2. The fourth-order valence-electron chi connectivity index (χ4n) is 2.48. The summed E-state index contributed by atoms with van der Waals surface area (Å²) in [6.07, 6.45) is 0. The van der Waals surface area contributed by atoms with Crippen LogP contribution in [-0.2, 0) is 13.2 Å². The van der Waals surface area contributed by atoms with Crippen molar-refractivity contribution >= 4 is 27.5 Å². The van der Waals surface area contributed by atoms with Crippen molar-refractivity contribution in [1.82, 2.24) is 10.2 Å². The Labute approximate surface area is 173 Å². The van der Waals surface area contributed by atoms with Gasteiger partial charge in [0.05, 0.1) is 16.1 Å². The van der Waals surface area contributed by atoms with Gasteiger partial charge in [-0.05, 0) is 66.8 Å². The van der Waals surface area contributed by atoms with Crippen molar-refractivity contribution in [2.45, 2.75) is 20.1 Å². The summed E-state index contributed by atoms with van der Waals surface area (Å²) in [4.78, 5) is 2.12. The first-order chi connectivity index (χ1) is 12.9. The Morgan fingerprint density at radius 3 is 2.67 bits per heavy atom. The zero-order valence-electron chi connectivity index (χ0n) is 15.8. The maximum absolute atomic E-state index is 14.0. The van der Waals surface area contributed by atoms with Crippen LogP contribution in [0.5, 0.6) is 11.5 Å². The van der Waals surface area contributed by atoms with E-state index in [2.05, 4.69) is 26.1 Å². The Hall–Kier alpha value is -1.34. The van der Waals surface area contributed by atoms with Gasteiger partial charge in [-0.15, -0.1) is 0 Å². The van der Waals surface area contributed by atoms with Gasteiger partial charge in [0.2, 0.25) is 0 Å². The van der Waals surface area contributed by atoms with E-state index in [0.29, 0.717) is 35.2 Å². The van der Waals surface area contributed by atoms with Crippen molar-refractivity contribution in [1.29, 1.82) is 0 Å². The Balaban J connectivity index is 2.13. The Kier molecular flexibility index (Phi) is 8.83. The lowest BCUT2D eigenvalue weighted by molar-refractivity contribution is 0.264. The van der Waals surface area contributed by atoms with Crippen LogP contribution in [0, 0.1) is 5.82 Å². The maximum atomic E-state index is 14.0. The van der Waals surface area contributed by atoms with Crippen molar-refractivity contribution < 1.29 is 13.9 Å². The average molecular weight is 460 g/mol. The van der Waals surface area contributed by atoms with E-state index in [9.17, 15) is 4.39 Å². The van der Waals surface area contributed by atoms with Crippen LogP contribution >= 0.6 is 27.5 Å². The van der Waals surface area contributed by atoms with Crippen LogP contribution in [0.3, 0.4) is 0 Å². The number of likely N-dealkylation sites (N-methyl/N-ethyl adjacent to an activating group) is 1. The largest absolute Gasteiger partial charge is 0.490 e. The lowest BCUT2D eigenvalue weighted by atomic mass is 10.2. The molecule has 1 N–H and O–H groups in total. The molecular formula is C20H25BrClFN2O2. The van der Waals surface area contributed by atoms with Gasteiger partial charge in [0, 0.05) is 25.2 Å². The Bertz CT molecular complexity index is 739. The van der Waals surface area contributed by atoms with Gasteiger partial charge < -0.3 is 19.7 Å². The van der Waals surface area contributed by atoms with E-state index < -0.39 is 5.82 Å². The minimum atomic E-state index is -0.390. The van der Waals surface area contributed by atoms with Gasteiger partial charge in [-0.25, -0.2) is 4.39 Å². The molecule has 0 aliphatic heterocycles. The van der Waals surface area contributed by atoms with Gasteiger partial charge in [0.1, 0.15) is 12.4 Å². The lowest BCUT2D eigenvalue weighted by Crippen LogP contribution is -2.26. The molecule has 0 aliphatic rings. The zero-order chi connectivity index (χ0) is 19.8. The molecular weight excluding hydrogens is 435 g/mol. The molecule has 0 amide bonds. The highest BCUT2D eigenvalue weighted by molar-refractivity contribution is 9.10. The topological polar surface area (TPSA) is 33.7 Å². The number of benzene rings is 2. The second-order valence-corrected chi connectivity index (χ2v) is 7.57. The molecule has 0 saturated heterocycles. The molecule has 4 nitrogen and oxygen atoms in total. The fraction of sp³-hybridized carbons (Fsp3) is 0.400. The summed E-state index contributed by atoms with van der Waals surface area (Å²) >= 11 is 9.62. The van der Waals surface area contributed by atoms with Gasteiger partial charge in [0.15, 0.2) is 11.5 Å². The summed E-state index contributed by atoms with van der Waals surface area (Å²) in [5.41, 5.74) is 1.39. The van der Waals surface area contributed by atoms with Gasteiger partial charge >= 0.3 is 0 Å². The molecule has 2 aromatic carbocycles. The summed E-state index contributed by atoms with van der Waals surface area (Å²) in [6, 6.07) is 8.50. The van der Waals surface area contributed by atoms with E-state index in [1.54, 1.807) is 12.1 Å². The first-order valence-electron chi connectivity index (χ1n) is 8.78. The predicted molar refractivity (Wildman–Crippen MR) is 111 cm³/mol. The number of nitrogens with zero attached hydrogens (tertiary/aromatic N) is 1. The minimum absolute atomic E-state index is 0.0185. The number of halogens is 3. The van der Waals surface area contributed by atoms with E-state index in [4.69, 9.17) is 21.1 Å².